The Morgan fingerprint density at radius 2 is 2.12 bits per heavy atom. The van der Waals surface area contributed by atoms with Gasteiger partial charge in [-0.1, -0.05) is 13.8 Å². The number of aromatic nitrogens is 2. The van der Waals surface area contributed by atoms with Crippen molar-refractivity contribution in [2.45, 2.75) is 52.0 Å². The molecule has 3 nitrogen and oxygen atoms in total. The molecular formula is C13H21N3. The normalized spacial score (nSPS) is 24.6. The van der Waals surface area contributed by atoms with Crippen LogP contribution in [0, 0.1) is 11.8 Å². The van der Waals surface area contributed by atoms with Crippen LogP contribution in [-0.2, 0) is 12.8 Å². The van der Waals surface area contributed by atoms with Gasteiger partial charge in [0.25, 0.3) is 0 Å². The van der Waals surface area contributed by atoms with Crippen LogP contribution in [0.25, 0.3) is 0 Å². The number of fused-ring (bicyclic) bond motifs is 1. The third-order valence-electron chi connectivity index (χ3n) is 4.05. The Balaban J connectivity index is 1.79. The van der Waals surface area contributed by atoms with Crippen molar-refractivity contribution in [3.05, 3.63) is 11.3 Å². The van der Waals surface area contributed by atoms with Crippen molar-refractivity contribution in [1.29, 1.82) is 0 Å². The first-order valence-corrected chi connectivity index (χ1v) is 6.56. The van der Waals surface area contributed by atoms with Crippen LogP contribution in [0.3, 0.4) is 0 Å². The van der Waals surface area contributed by atoms with Crippen LogP contribution in [0.1, 0.15) is 44.4 Å². The van der Waals surface area contributed by atoms with Crippen molar-refractivity contribution in [2.24, 2.45) is 11.8 Å². The predicted octanol–water partition coefficient (Wildman–Crippen LogP) is 2.74. The molecule has 2 aliphatic carbocycles. The Morgan fingerprint density at radius 1 is 1.31 bits per heavy atom. The lowest BCUT2D eigenvalue weighted by atomic mass is 9.80. The van der Waals surface area contributed by atoms with E-state index in [1.807, 2.05) is 0 Å². The number of rotatable bonds is 3. The summed E-state index contributed by atoms with van der Waals surface area (Å²) < 4.78 is 0. The Kier molecular flexibility index (Phi) is 2.41. The number of nitrogens with zero attached hydrogens (tertiary/aromatic N) is 1. The van der Waals surface area contributed by atoms with Crippen LogP contribution < -0.4 is 5.32 Å². The highest BCUT2D eigenvalue weighted by Gasteiger charge is 2.28. The number of nitrogens with one attached hydrogen (secondary N) is 2. The number of hydrogen-bond donors (Lipinski definition) is 2. The lowest BCUT2D eigenvalue weighted by Crippen LogP contribution is -2.19. The molecule has 0 aliphatic heterocycles. The van der Waals surface area contributed by atoms with Crippen molar-refractivity contribution in [3.63, 3.8) is 0 Å². The molecule has 1 fully saturated rings. The van der Waals surface area contributed by atoms with Gasteiger partial charge < -0.3 is 5.32 Å². The zero-order valence-corrected chi connectivity index (χ0v) is 10.2. The van der Waals surface area contributed by atoms with E-state index in [1.54, 1.807) is 0 Å². The SMILES string of the molecule is CC(C)C1CCc2[nH]nc(NC3CC3)c2C1. The molecule has 3 heteroatoms. The number of anilines is 1. The van der Waals surface area contributed by atoms with Crippen LogP contribution in [0.5, 0.6) is 0 Å². The van der Waals surface area contributed by atoms with E-state index in [9.17, 15) is 0 Å². The summed E-state index contributed by atoms with van der Waals surface area (Å²) in [5.41, 5.74) is 2.84. The summed E-state index contributed by atoms with van der Waals surface area (Å²) in [6.07, 6.45) is 6.33. The smallest absolute Gasteiger partial charge is 0.151 e. The lowest BCUT2D eigenvalue weighted by molar-refractivity contribution is 0.342. The molecule has 0 aromatic carbocycles. The maximum Gasteiger partial charge on any atom is 0.151 e. The van der Waals surface area contributed by atoms with Crippen molar-refractivity contribution >= 4 is 5.82 Å². The van der Waals surface area contributed by atoms with Gasteiger partial charge in [-0.3, -0.25) is 5.10 Å². The highest BCUT2D eigenvalue weighted by molar-refractivity contribution is 5.49. The summed E-state index contributed by atoms with van der Waals surface area (Å²) >= 11 is 0. The summed E-state index contributed by atoms with van der Waals surface area (Å²) in [6.45, 7) is 4.67. The van der Waals surface area contributed by atoms with Crippen molar-refractivity contribution < 1.29 is 0 Å². The second kappa shape index (κ2) is 3.79. The fourth-order valence-electron chi connectivity index (χ4n) is 2.63. The minimum atomic E-state index is 0.701. The highest BCUT2D eigenvalue weighted by atomic mass is 15.2. The van der Waals surface area contributed by atoms with Crippen LogP contribution in [0.4, 0.5) is 5.82 Å². The van der Waals surface area contributed by atoms with Gasteiger partial charge in [-0.2, -0.15) is 5.10 Å². The lowest BCUT2D eigenvalue weighted by Gasteiger charge is -2.25. The molecule has 1 unspecified atom stereocenters. The van der Waals surface area contributed by atoms with Gasteiger partial charge in [0.15, 0.2) is 5.82 Å². The summed E-state index contributed by atoms with van der Waals surface area (Å²) in [6, 6.07) is 0.701. The van der Waals surface area contributed by atoms with Gasteiger partial charge in [-0.05, 0) is 43.9 Å². The van der Waals surface area contributed by atoms with Gasteiger partial charge in [-0.25, -0.2) is 0 Å². The molecule has 88 valence electrons. The first-order chi connectivity index (χ1) is 7.74. The van der Waals surface area contributed by atoms with Crippen molar-refractivity contribution in [2.75, 3.05) is 5.32 Å². The molecule has 1 atom stereocenters. The van der Waals surface area contributed by atoms with Gasteiger partial charge in [0, 0.05) is 17.3 Å². The second-order valence-electron chi connectivity index (χ2n) is 5.69. The first kappa shape index (κ1) is 10.2. The summed E-state index contributed by atoms with van der Waals surface area (Å²) in [4.78, 5) is 0. The van der Waals surface area contributed by atoms with E-state index >= 15 is 0 Å². The van der Waals surface area contributed by atoms with Crippen LogP contribution in [-0.4, -0.2) is 16.2 Å². The largest absolute Gasteiger partial charge is 0.366 e. The number of aryl methyl sites for hydroxylation is 1. The topological polar surface area (TPSA) is 40.7 Å². The molecule has 16 heavy (non-hydrogen) atoms. The fraction of sp³-hybridized carbons (Fsp3) is 0.769. The molecule has 1 aromatic rings. The molecule has 0 spiro atoms. The average Bonchev–Trinajstić information content (AvgIpc) is 2.99. The van der Waals surface area contributed by atoms with Crippen LogP contribution in [0.15, 0.2) is 0 Å². The van der Waals surface area contributed by atoms with Crippen LogP contribution >= 0.6 is 0 Å². The van der Waals surface area contributed by atoms with E-state index in [2.05, 4.69) is 29.4 Å². The van der Waals surface area contributed by atoms with E-state index in [0.717, 1.165) is 17.7 Å². The molecule has 0 bridgehead atoms. The molecule has 0 amide bonds. The van der Waals surface area contributed by atoms with E-state index in [0.29, 0.717) is 6.04 Å². The Bertz CT molecular complexity index is 377. The van der Waals surface area contributed by atoms with Gasteiger partial charge in [-0.15, -0.1) is 0 Å². The molecule has 3 rings (SSSR count). The molecule has 2 aliphatic rings. The number of hydrogen-bond acceptors (Lipinski definition) is 2. The minimum Gasteiger partial charge on any atom is -0.366 e. The zero-order valence-electron chi connectivity index (χ0n) is 10.2. The quantitative estimate of drug-likeness (QED) is 0.820. The summed E-state index contributed by atoms with van der Waals surface area (Å²) in [5, 5.41) is 11.2. The molecule has 2 N–H and O–H groups in total. The third-order valence-corrected chi connectivity index (χ3v) is 4.05. The van der Waals surface area contributed by atoms with Crippen LogP contribution in [0.2, 0.25) is 0 Å². The second-order valence-corrected chi connectivity index (χ2v) is 5.69. The predicted molar refractivity (Wildman–Crippen MR) is 65.6 cm³/mol. The van der Waals surface area contributed by atoms with E-state index < -0.39 is 0 Å². The van der Waals surface area contributed by atoms with Gasteiger partial charge in [0.05, 0.1) is 0 Å². The Hall–Kier alpha value is -0.990. The van der Waals surface area contributed by atoms with Gasteiger partial charge in [0.2, 0.25) is 0 Å². The van der Waals surface area contributed by atoms with Crippen molar-refractivity contribution in [1.82, 2.24) is 10.2 Å². The zero-order chi connectivity index (χ0) is 11.1. The van der Waals surface area contributed by atoms with E-state index in [4.69, 9.17) is 0 Å². The fourth-order valence-corrected chi connectivity index (χ4v) is 2.63. The molecule has 1 saturated carbocycles. The maximum absolute atomic E-state index is 4.44. The average molecular weight is 219 g/mol. The third kappa shape index (κ3) is 1.83. The summed E-state index contributed by atoms with van der Waals surface area (Å²) in [5.74, 6) is 2.77. The number of H-pyrrole nitrogens is 1. The standard InChI is InChI=1S/C13H21N3/c1-8(2)9-3-6-12-11(7-9)13(16-15-12)14-10-4-5-10/h8-10H,3-7H2,1-2H3,(H2,14,15,16). The van der Waals surface area contributed by atoms with Crippen molar-refractivity contribution in [3.8, 4) is 0 Å². The first-order valence-electron chi connectivity index (χ1n) is 6.56. The Labute approximate surface area is 97.0 Å². The van der Waals surface area contributed by atoms with E-state index in [1.165, 1.54) is 43.4 Å². The van der Waals surface area contributed by atoms with E-state index in [-0.39, 0.29) is 0 Å². The molecule has 0 saturated heterocycles. The number of aromatic amines is 1. The monoisotopic (exact) mass is 219 g/mol. The minimum absolute atomic E-state index is 0.701. The molecule has 1 heterocycles. The highest BCUT2D eigenvalue weighted by Crippen LogP contribution is 2.34. The van der Waals surface area contributed by atoms with Gasteiger partial charge >= 0.3 is 0 Å². The molecular weight excluding hydrogens is 198 g/mol. The molecule has 0 radical (unpaired) electrons. The Morgan fingerprint density at radius 3 is 2.81 bits per heavy atom. The van der Waals surface area contributed by atoms with Gasteiger partial charge in [0.1, 0.15) is 0 Å². The summed E-state index contributed by atoms with van der Waals surface area (Å²) in [7, 11) is 0. The maximum atomic E-state index is 4.44. The molecule has 1 aromatic heterocycles.